The number of rotatable bonds is 9. The van der Waals surface area contributed by atoms with Crippen LogP contribution < -0.4 is 5.32 Å². The molecular weight excluding hydrogens is 430 g/mol. The van der Waals surface area contributed by atoms with Gasteiger partial charge in [0.25, 0.3) is 0 Å². The van der Waals surface area contributed by atoms with E-state index in [-0.39, 0.29) is 11.7 Å². The van der Waals surface area contributed by atoms with Gasteiger partial charge in [0, 0.05) is 23.0 Å². The van der Waals surface area contributed by atoms with Gasteiger partial charge in [0.05, 0.1) is 11.6 Å². The highest BCUT2D eigenvalue weighted by Gasteiger charge is 2.16. The number of nitrogens with zero attached hydrogens (tertiary/aromatic N) is 4. The number of nitrogens with one attached hydrogen (secondary N) is 1. The number of fused-ring (bicyclic) bond motifs is 1. The maximum Gasteiger partial charge on any atom is 0.352 e. The second-order valence-corrected chi connectivity index (χ2v) is 8.29. The zero-order valence-electron chi connectivity index (χ0n) is 17.5. The summed E-state index contributed by atoms with van der Waals surface area (Å²) in [6.45, 7) is 2.77. The summed E-state index contributed by atoms with van der Waals surface area (Å²) in [5.74, 6) is -0.985. The zero-order valence-corrected chi connectivity index (χ0v) is 18.3. The number of aliphatic hydroxyl groups excluding tert-OH is 1. The molecule has 0 amide bonds. The van der Waals surface area contributed by atoms with Crippen LogP contribution in [0.15, 0.2) is 61.2 Å². The molecule has 0 saturated carbocycles. The number of aromatic carboxylic acids is 1. The summed E-state index contributed by atoms with van der Waals surface area (Å²) >= 11 is 6.00. The third kappa shape index (κ3) is 4.99. The molecule has 0 fully saturated rings. The number of benzene rings is 2. The van der Waals surface area contributed by atoms with Crippen LogP contribution in [0.5, 0.6) is 0 Å². The van der Waals surface area contributed by atoms with Crippen LogP contribution in [0.3, 0.4) is 0 Å². The number of halogens is 1. The molecule has 0 spiro atoms. The van der Waals surface area contributed by atoms with Gasteiger partial charge in [-0.1, -0.05) is 29.8 Å². The molecule has 2 atom stereocenters. The highest BCUT2D eigenvalue weighted by Crippen LogP contribution is 2.23. The van der Waals surface area contributed by atoms with Crippen LogP contribution in [0.1, 0.15) is 34.6 Å². The van der Waals surface area contributed by atoms with E-state index in [0.717, 1.165) is 28.5 Å². The summed E-state index contributed by atoms with van der Waals surface area (Å²) in [4.78, 5) is 11.8. The van der Waals surface area contributed by atoms with E-state index < -0.39 is 12.1 Å². The van der Waals surface area contributed by atoms with Crippen LogP contribution >= 0.6 is 11.6 Å². The van der Waals surface area contributed by atoms with Crippen LogP contribution in [-0.4, -0.2) is 48.1 Å². The van der Waals surface area contributed by atoms with Crippen molar-refractivity contribution < 1.29 is 15.0 Å². The Balaban J connectivity index is 1.46. The van der Waals surface area contributed by atoms with Gasteiger partial charge in [-0.15, -0.1) is 10.2 Å². The van der Waals surface area contributed by atoms with Gasteiger partial charge in [-0.05, 0) is 54.8 Å². The number of hydrogen-bond donors (Lipinski definition) is 3. The lowest BCUT2D eigenvalue weighted by Crippen LogP contribution is -2.32. The van der Waals surface area contributed by atoms with Crippen molar-refractivity contribution in [3.05, 3.63) is 83.0 Å². The van der Waals surface area contributed by atoms with Crippen LogP contribution in [0.4, 0.5) is 0 Å². The topological polar surface area (TPSA) is 105 Å². The maximum absolute atomic E-state index is 11.8. The molecule has 0 aliphatic rings. The molecule has 4 aromatic rings. The highest BCUT2D eigenvalue weighted by atomic mass is 35.5. The second-order valence-electron chi connectivity index (χ2n) is 7.86. The molecule has 166 valence electrons. The molecule has 9 heteroatoms. The standard InChI is InChI=1S/C23H24ClN5O3/c1-15(25-11-22(30)17-3-2-4-19(24)9-17)7-16-5-6-20-18(8-16)10-21(23(31)32)29(20)14-28-12-26-27-13-28/h2-6,8-10,12-13,15,22,25,30H,7,11,14H2,1H3,(H,31,32). The summed E-state index contributed by atoms with van der Waals surface area (Å²) < 4.78 is 3.45. The average molecular weight is 454 g/mol. The fourth-order valence-corrected chi connectivity index (χ4v) is 4.00. The molecule has 0 bridgehead atoms. The molecule has 8 nitrogen and oxygen atoms in total. The highest BCUT2D eigenvalue weighted by molar-refractivity contribution is 6.30. The van der Waals surface area contributed by atoms with Gasteiger partial charge in [-0.25, -0.2) is 4.79 Å². The first-order valence-electron chi connectivity index (χ1n) is 10.3. The van der Waals surface area contributed by atoms with Crippen molar-refractivity contribution in [2.45, 2.75) is 32.2 Å². The van der Waals surface area contributed by atoms with Crippen molar-refractivity contribution in [2.24, 2.45) is 0 Å². The third-order valence-corrected chi connectivity index (χ3v) is 5.63. The fraction of sp³-hybridized carbons (Fsp3) is 0.261. The SMILES string of the molecule is CC(Cc1ccc2c(c1)cc(C(=O)O)n2Cn1cnnc1)NCC(O)c1cccc(Cl)c1. The average Bonchev–Trinajstić information content (AvgIpc) is 3.40. The van der Waals surface area contributed by atoms with Crippen LogP contribution in [0, 0.1) is 0 Å². The van der Waals surface area contributed by atoms with E-state index in [9.17, 15) is 15.0 Å². The third-order valence-electron chi connectivity index (χ3n) is 5.39. The van der Waals surface area contributed by atoms with E-state index in [2.05, 4.69) is 22.4 Å². The molecule has 4 rings (SSSR count). The summed E-state index contributed by atoms with van der Waals surface area (Å²) in [6, 6.07) is 15.0. The van der Waals surface area contributed by atoms with E-state index >= 15 is 0 Å². The molecule has 0 saturated heterocycles. The monoisotopic (exact) mass is 453 g/mol. The van der Waals surface area contributed by atoms with E-state index in [1.54, 1.807) is 40.0 Å². The van der Waals surface area contributed by atoms with Crippen LogP contribution in [0.25, 0.3) is 10.9 Å². The zero-order chi connectivity index (χ0) is 22.7. The summed E-state index contributed by atoms with van der Waals surface area (Å²) in [5.41, 5.74) is 2.89. The number of aliphatic hydroxyl groups is 1. The lowest BCUT2D eigenvalue weighted by Gasteiger charge is -2.18. The number of aromatic nitrogens is 4. The molecule has 2 heterocycles. The van der Waals surface area contributed by atoms with Crippen molar-refractivity contribution in [1.82, 2.24) is 24.6 Å². The number of hydrogen-bond acceptors (Lipinski definition) is 5. The summed E-state index contributed by atoms with van der Waals surface area (Å²) in [5, 5.41) is 32.4. The van der Waals surface area contributed by atoms with E-state index in [1.807, 2.05) is 30.3 Å². The van der Waals surface area contributed by atoms with Gasteiger partial charge < -0.3 is 24.7 Å². The minimum absolute atomic E-state index is 0.110. The number of carbonyl (C=O) groups is 1. The van der Waals surface area contributed by atoms with Crippen molar-refractivity contribution in [3.63, 3.8) is 0 Å². The van der Waals surface area contributed by atoms with Crippen molar-refractivity contribution in [3.8, 4) is 0 Å². The number of carboxylic acids is 1. The smallest absolute Gasteiger partial charge is 0.352 e. The maximum atomic E-state index is 11.8. The van der Waals surface area contributed by atoms with Gasteiger partial charge in [-0.3, -0.25) is 0 Å². The quantitative estimate of drug-likeness (QED) is 0.359. The molecule has 2 unspecified atom stereocenters. The number of carboxylic acid groups (broad SMARTS) is 1. The Kier molecular flexibility index (Phi) is 6.55. The Morgan fingerprint density at radius 3 is 2.66 bits per heavy atom. The molecule has 0 radical (unpaired) electrons. The molecule has 0 aliphatic heterocycles. The van der Waals surface area contributed by atoms with Crippen LogP contribution in [-0.2, 0) is 13.1 Å². The molecule has 3 N–H and O–H groups in total. The van der Waals surface area contributed by atoms with Gasteiger partial charge in [0.1, 0.15) is 25.0 Å². The first kappa shape index (κ1) is 22.0. The molecule has 32 heavy (non-hydrogen) atoms. The second kappa shape index (κ2) is 9.52. The minimum Gasteiger partial charge on any atom is -0.477 e. The summed E-state index contributed by atoms with van der Waals surface area (Å²) in [6.07, 6.45) is 3.19. The Hall–Kier alpha value is -3.20. The molecule has 0 aliphatic carbocycles. The Morgan fingerprint density at radius 1 is 1.16 bits per heavy atom. The van der Waals surface area contributed by atoms with E-state index in [4.69, 9.17) is 11.6 Å². The van der Waals surface area contributed by atoms with Gasteiger partial charge in [0.2, 0.25) is 0 Å². The largest absolute Gasteiger partial charge is 0.477 e. The normalized spacial score (nSPS) is 13.3. The Labute approximate surface area is 190 Å². The minimum atomic E-state index is -0.985. The van der Waals surface area contributed by atoms with Crippen molar-refractivity contribution in [2.75, 3.05) is 6.54 Å². The lowest BCUT2D eigenvalue weighted by atomic mass is 10.0. The first-order chi connectivity index (χ1) is 15.4. The van der Waals surface area contributed by atoms with E-state index in [1.165, 1.54) is 0 Å². The predicted octanol–water partition coefficient (Wildman–Crippen LogP) is 3.34. The fourth-order valence-electron chi connectivity index (χ4n) is 3.81. The summed E-state index contributed by atoms with van der Waals surface area (Å²) in [7, 11) is 0. The van der Waals surface area contributed by atoms with Gasteiger partial charge >= 0.3 is 5.97 Å². The Morgan fingerprint density at radius 2 is 1.94 bits per heavy atom. The molecule has 2 aromatic heterocycles. The molecule has 2 aromatic carbocycles. The molecular formula is C23H24ClN5O3. The van der Waals surface area contributed by atoms with Gasteiger partial charge in [-0.2, -0.15) is 0 Å². The predicted molar refractivity (Wildman–Crippen MR) is 122 cm³/mol. The van der Waals surface area contributed by atoms with Crippen molar-refractivity contribution >= 4 is 28.5 Å². The Bertz CT molecular complexity index is 1220. The first-order valence-corrected chi connectivity index (χ1v) is 10.6. The van der Waals surface area contributed by atoms with E-state index in [0.29, 0.717) is 18.2 Å². The van der Waals surface area contributed by atoms with Crippen LogP contribution in [0.2, 0.25) is 5.02 Å². The lowest BCUT2D eigenvalue weighted by molar-refractivity contribution is 0.0685. The van der Waals surface area contributed by atoms with Gasteiger partial charge in [0.15, 0.2) is 0 Å². The van der Waals surface area contributed by atoms with Crippen molar-refractivity contribution in [1.29, 1.82) is 0 Å².